The average molecular weight is 361 g/mol. The van der Waals surface area contributed by atoms with E-state index in [1.165, 1.54) is 0 Å². The summed E-state index contributed by atoms with van der Waals surface area (Å²) in [6.45, 7) is 2.05. The van der Waals surface area contributed by atoms with E-state index in [0.717, 1.165) is 59.8 Å². The number of fused-ring (bicyclic) bond motifs is 1. The number of nitrogens with one attached hydrogen (secondary N) is 1. The van der Waals surface area contributed by atoms with Crippen LogP contribution in [0.25, 0.3) is 5.69 Å². The molecule has 2 aromatic carbocycles. The molecule has 1 aromatic heterocycles. The van der Waals surface area contributed by atoms with Crippen LogP contribution in [-0.2, 0) is 24.1 Å². The van der Waals surface area contributed by atoms with Crippen LogP contribution >= 0.6 is 0 Å². The number of carbonyl (C=O) groups excluding carboxylic acids is 1. The quantitative estimate of drug-likeness (QED) is 0.723. The van der Waals surface area contributed by atoms with Crippen molar-refractivity contribution in [1.82, 2.24) is 9.78 Å². The number of para-hydroxylation sites is 2. The van der Waals surface area contributed by atoms with Crippen molar-refractivity contribution in [1.29, 1.82) is 0 Å². The van der Waals surface area contributed by atoms with E-state index in [2.05, 4.69) is 12.2 Å². The van der Waals surface area contributed by atoms with Gasteiger partial charge in [-0.1, -0.05) is 43.3 Å². The molecule has 0 atom stereocenters. The first kappa shape index (κ1) is 17.3. The molecule has 27 heavy (non-hydrogen) atoms. The standard InChI is InChI=1S/C22H23N3O2/c1-2-16-9-6-7-14-20(16)27-15-21(26)23-22-18-12-8-13-19(18)24-25(22)17-10-4-3-5-11-17/h3-7,9-11,14H,2,8,12-13,15H2,1H3,(H,23,26). The minimum Gasteiger partial charge on any atom is -0.483 e. The summed E-state index contributed by atoms with van der Waals surface area (Å²) in [7, 11) is 0. The van der Waals surface area contributed by atoms with Crippen molar-refractivity contribution >= 4 is 11.7 Å². The smallest absolute Gasteiger partial charge is 0.263 e. The van der Waals surface area contributed by atoms with Crippen LogP contribution in [0.1, 0.15) is 30.2 Å². The van der Waals surface area contributed by atoms with Gasteiger partial charge in [0.15, 0.2) is 6.61 Å². The maximum Gasteiger partial charge on any atom is 0.263 e. The van der Waals surface area contributed by atoms with Crippen molar-refractivity contribution in [2.24, 2.45) is 0 Å². The predicted molar refractivity (Wildman–Crippen MR) is 106 cm³/mol. The number of anilines is 1. The number of amides is 1. The third kappa shape index (κ3) is 3.58. The summed E-state index contributed by atoms with van der Waals surface area (Å²) in [5.74, 6) is 1.36. The van der Waals surface area contributed by atoms with Crippen LogP contribution in [0.15, 0.2) is 54.6 Å². The molecule has 0 unspecified atom stereocenters. The molecule has 1 N–H and O–H groups in total. The van der Waals surface area contributed by atoms with E-state index in [1.54, 1.807) is 0 Å². The topological polar surface area (TPSA) is 56.1 Å². The Morgan fingerprint density at radius 3 is 2.70 bits per heavy atom. The van der Waals surface area contributed by atoms with E-state index in [-0.39, 0.29) is 12.5 Å². The van der Waals surface area contributed by atoms with E-state index < -0.39 is 0 Å². The molecule has 0 saturated carbocycles. The number of aromatic nitrogens is 2. The lowest BCUT2D eigenvalue weighted by Crippen LogP contribution is -2.23. The lowest BCUT2D eigenvalue weighted by molar-refractivity contribution is -0.118. The van der Waals surface area contributed by atoms with Crippen molar-refractivity contribution < 1.29 is 9.53 Å². The average Bonchev–Trinajstić information content (AvgIpc) is 3.30. The molecular formula is C22H23N3O2. The highest BCUT2D eigenvalue weighted by Crippen LogP contribution is 2.31. The van der Waals surface area contributed by atoms with Crippen molar-refractivity contribution in [3.8, 4) is 11.4 Å². The summed E-state index contributed by atoms with van der Waals surface area (Å²) in [6, 6.07) is 17.7. The lowest BCUT2D eigenvalue weighted by Gasteiger charge is -2.13. The highest BCUT2D eigenvalue weighted by atomic mass is 16.5. The third-order valence-corrected chi connectivity index (χ3v) is 4.88. The van der Waals surface area contributed by atoms with Crippen LogP contribution in [0, 0.1) is 0 Å². The van der Waals surface area contributed by atoms with Gasteiger partial charge in [-0.05, 0) is 49.4 Å². The molecule has 0 saturated heterocycles. The molecule has 1 aliphatic rings. The molecular weight excluding hydrogens is 338 g/mol. The van der Waals surface area contributed by atoms with Gasteiger partial charge in [0, 0.05) is 5.56 Å². The van der Waals surface area contributed by atoms with Gasteiger partial charge in [0.05, 0.1) is 11.4 Å². The molecule has 0 spiro atoms. The number of hydrogen-bond donors (Lipinski definition) is 1. The minimum absolute atomic E-state index is 0.0221. The van der Waals surface area contributed by atoms with Crippen LogP contribution in [0.2, 0.25) is 0 Å². The summed E-state index contributed by atoms with van der Waals surface area (Å²) >= 11 is 0. The number of nitrogens with zero attached hydrogens (tertiary/aromatic N) is 2. The second-order valence-electron chi connectivity index (χ2n) is 6.67. The highest BCUT2D eigenvalue weighted by Gasteiger charge is 2.24. The zero-order chi connectivity index (χ0) is 18.6. The van der Waals surface area contributed by atoms with Gasteiger partial charge in [-0.25, -0.2) is 4.68 Å². The zero-order valence-electron chi connectivity index (χ0n) is 15.4. The Morgan fingerprint density at radius 1 is 1.11 bits per heavy atom. The fraction of sp³-hybridized carbons (Fsp3) is 0.273. The molecule has 138 valence electrons. The second-order valence-corrected chi connectivity index (χ2v) is 6.67. The summed E-state index contributed by atoms with van der Waals surface area (Å²) in [4.78, 5) is 12.6. The maximum absolute atomic E-state index is 12.6. The molecule has 0 radical (unpaired) electrons. The first-order valence-electron chi connectivity index (χ1n) is 9.43. The van der Waals surface area contributed by atoms with E-state index in [1.807, 2.05) is 59.3 Å². The summed E-state index contributed by atoms with van der Waals surface area (Å²) in [5, 5.41) is 7.75. The normalized spacial score (nSPS) is 12.6. The number of benzene rings is 2. The molecule has 5 nitrogen and oxygen atoms in total. The summed E-state index contributed by atoms with van der Waals surface area (Å²) in [6.07, 6.45) is 3.85. The van der Waals surface area contributed by atoms with Gasteiger partial charge in [-0.15, -0.1) is 0 Å². The largest absolute Gasteiger partial charge is 0.483 e. The number of ether oxygens (including phenoxy) is 1. The van der Waals surface area contributed by atoms with Crippen molar-refractivity contribution in [2.45, 2.75) is 32.6 Å². The molecule has 0 aliphatic heterocycles. The first-order valence-corrected chi connectivity index (χ1v) is 9.43. The van der Waals surface area contributed by atoms with Crippen LogP contribution < -0.4 is 10.1 Å². The van der Waals surface area contributed by atoms with E-state index >= 15 is 0 Å². The van der Waals surface area contributed by atoms with E-state index in [9.17, 15) is 4.79 Å². The molecule has 0 bridgehead atoms. The van der Waals surface area contributed by atoms with E-state index in [4.69, 9.17) is 9.84 Å². The van der Waals surface area contributed by atoms with Gasteiger partial charge < -0.3 is 10.1 Å². The Labute approximate surface area is 159 Å². The van der Waals surface area contributed by atoms with Crippen molar-refractivity contribution in [2.75, 3.05) is 11.9 Å². The Balaban J connectivity index is 1.53. The highest BCUT2D eigenvalue weighted by molar-refractivity contribution is 5.92. The summed E-state index contributed by atoms with van der Waals surface area (Å²) < 4.78 is 7.60. The Bertz CT molecular complexity index is 947. The number of carbonyl (C=O) groups is 1. The Morgan fingerprint density at radius 2 is 1.89 bits per heavy atom. The number of hydrogen-bond acceptors (Lipinski definition) is 3. The molecule has 1 aliphatic carbocycles. The monoisotopic (exact) mass is 361 g/mol. The van der Waals surface area contributed by atoms with Gasteiger partial charge in [0.25, 0.3) is 5.91 Å². The SMILES string of the molecule is CCc1ccccc1OCC(=O)Nc1c2c(nn1-c1ccccc1)CCC2. The fourth-order valence-corrected chi connectivity index (χ4v) is 3.52. The molecule has 5 heteroatoms. The molecule has 3 aromatic rings. The molecule has 4 rings (SSSR count). The molecule has 1 heterocycles. The summed E-state index contributed by atoms with van der Waals surface area (Å²) in [5.41, 5.74) is 4.26. The lowest BCUT2D eigenvalue weighted by atomic mass is 10.1. The second kappa shape index (κ2) is 7.66. The maximum atomic E-state index is 12.6. The Hall–Kier alpha value is -3.08. The van der Waals surface area contributed by atoms with Gasteiger partial charge >= 0.3 is 0 Å². The van der Waals surface area contributed by atoms with Crippen LogP contribution in [0.3, 0.4) is 0 Å². The van der Waals surface area contributed by atoms with Crippen LogP contribution in [0.4, 0.5) is 5.82 Å². The number of rotatable bonds is 6. The van der Waals surface area contributed by atoms with Gasteiger partial charge in [0.1, 0.15) is 11.6 Å². The fourth-order valence-electron chi connectivity index (χ4n) is 3.52. The van der Waals surface area contributed by atoms with Crippen molar-refractivity contribution in [3.63, 3.8) is 0 Å². The van der Waals surface area contributed by atoms with Crippen LogP contribution in [-0.4, -0.2) is 22.3 Å². The van der Waals surface area contributed by atoms with Gasteiger partial charge in [0.2, 0.25) is 0 Å². The zero-order valence-corrected chi connectivity index (χ0v) is 15.4. The first-order chi connectivity index (χ1) is 13.3. The third-order valence-electron chi connectivity index (χ3n) is 4.88. The molecule has 1 amide bonds. The van der Waals surface area contributed by atoms with Gasteiger partial charge in [-0.3, -0.25) is 4.79 Å². The predicted octanol–water partition coefficient (Wildman–Crippen LogP) is 3.94. The van der Waals surface area contributed by atoms with E-state index in [0.29, 0.717) is 0 Å². The Kier molecular flexibility index (Phi) is 4.92. The van der Waals surface area contributed by atoms with Crippen LogP contribution in [0.5, 0.6) is 5.75 Å². The molecule has 0 fully saturated rings. The minimum atomic E-state index is -0.173. The number of aryl methyl sites for hydroxylation is 2. The van der Waals surface area contributed by atoms with Crippen molar-refractivity contribution in [3.05, 3.63) is 71.4 Å². The van der Waals surface area contributed by atoms with Gasteiger partial charge in [-0.2, -0.15) is 5.10 Å².